The van der Waals surface area contributed by atoms with Crippen LogP contribution >= 0.6 is 0 Å². The largest absolute Gasteiger partial charge is 0.390 e. The average molecular weight is 408 g/mol. The maximum atomic E-state index is 17.0. The molecule has 160 valence electrons. The van der Waals surface area contributed by atoms with Crippen molar-refractivity contribution in [2.75, 3.05) is 0 Å². The molecule has 0 spiro atoms. The summed E-state index contributed by atoms with van der Waals surface area (Å²) in [6.45, 7) is 7.19. The van der Waals surface area contributed by atoms with E-state index < -0.39 is 46.2 Å². The minimum absolute atomic E-state index is 0.0613. The molecule has 0 bridgehead atoms. The Labute approximate surface area is 169 Å². The number of hydrogen-bond acceptors (Lipinski definition) is 6. The number of halogens is 1. The SMILES string of the molecule is CC1(C)O[C@@H]2C[C@H]3[C@@H]4CCC5=CC(=O)C=C[C@]5(C)[C@@]4(F)[C@@H](O)C[C@]3(C)[C@]2(OO)O1. The molecule has 5 aliphatic rings. The van der Waals surface area contributed by atoms with Crippen LogP contribution in [0.15, 0.2) is 23.8 Å². The van der Waals surface area contributed by atoms with Crippen molar-refractivity contribution in [1.29, 1.82) is 0 Å². The predicted octanol–water partition coefficient (Wildman–Crippen LogP) is 3.30. The van der Waals surface area contributed by atoms with Crippen molar-refractivity contribution in [2.24, 2.45) is 22.7 Å². The number of carbonyl (C=O) groups is 1. The average Bonchev–Trinajstić information content (AvgIpc) is 3.03. The maximum Gasteiger partial charge on any atom is 0.236 e. The number of fused-ring (bicyclic) bond motifs is 7. The number of aliphatic hydroxyl groups excluding tert-OH is 1. The van der Waals surface area contributed by atoms with Crippen LogP contribution < -0.4 is 0 Å². The highest BCUT2D eigenvalue weighted by Crippen LogP contribution is 2.72. The van der Waals surface area contributed by atoms with E-state index in [1.54, 1.807) is 26.8 Å². The van der Waals surface area contributed by atoms with Crippen molar-refractivity contribution in [1.82, 2.24) is 0 Å². The number of rotatable bonds is 1. The van der Waals surface area contributed by atoms with Crippen LogP contribution in [0.1, 0.15) is 53.4 Å². The Balaban J connectivity index is 1.61. The lowest BCUT2D eigenvalue weighted by atomic mass is 9.45. The minimum atomic E-state index is -1.93. The highest BCUT2D eigenvalue weighted by atomic mass is 19.1. The summed E-state index contributed by atoms with van der Waals surface area (Å²) >= 11 is 0. The second kappa shape index (κ2) is 5.56. The van der Waals surface area contributed by atoms with Crippen LogP contribution in [0.3, 0.4) is 0 Å². The minimum Gasteiger partial charge on any atom is -0.390 e. The van der Waals surface area contributed by atoms with Gasteiger partial charge in [0.15, 0.2) is 17.2 Å². The molecule has 6 nitrogen and oxygen atoms in total. The zero-order chi connectivity index (χ0) is 21.0. The third-order valence-electron chi connectivity index (χ3n) is 8.68. The van der Waals surface area contributed by atoms with Gasteiger partial charge in [-0.3, -0.25) is 4.79 Å². The summed E-state index contributed by atoms with van der Waals surface area (Å²) in [6, 6.07) is 0. The molecular formula is C22H29FO6. The van der Waals surface area contributed by atoms with Gasteiger partial charge in [-0.15, -0.1) is 0 Å². The van der Waals surface area contributed by atoms with Crippen LogP contribution in [0.4, 0.5) is 4.39 Å². The van der Waals surface area contributed by atoms with Crippen molar-refractivity contribution in [3.05, 3.63) is 23.8 Å². The Hall–Kier alpha value is -1.12. The van der Waals surface area contributed by atoms with E-state index in [9.17, 15) is 15.2 Å². The lowest BCUT2D eigenvalue weighted by Gasteiger charge is -2.62. The predicted molar refractivity (Wildman–Crippen MR) is 100 cm³/mol. The van der Waals surface area contributed by atoms with Crippen molar-refractivity contribution in [3.8, 4) is 0 Å². The van der Waals surface area contributed by atoms with Crippen LogP contribution in [-0.2, 0) is 19.2 Å². The molecule has 2 N–H and O–H groups in total. The summed E-state index contributed by atoms with van der Waals surface area (Å²) < 4.78 is 29.1. The van der Waals surface area contributed by atoms with Crippen molar-refractivity contribution < 1.29 is 33.9 Å². The van der Waals surface area contributed by atoms with Gasteiger partial charge in [0.1, 0.15) is 6.10 Å². The zero-order valence-corrected chi connectivity index (χ0v) is 17.3. The van der Waals surface area contributed by atoms with E-state index in [0.717, 1.165) is 5.57 Å². The summed E-state index contributed by atoms with van der Waals surface area (Å²) in [6.07, 6.45) is 4.33. The van der Waals surface area contributed by atoms with Gasteiger partial charge in [0, 0.05) is 16.7 Å². The quantitative estimate of drug-likeness (QED) is 0.512. The standard InChI is InChI=1S/C22H29FO6/c1-18(2)27-17-10-15-14-6-5-12-9-13(24)7-8-19(12,3)21(14,23)16(25)11-20(15,4)22(17,28-18)29-26/h7-9,14-17,25-26H,5-6,10-11H2,1-4H3/t14-,15-,16-,17+,19-,20-,21-,22-/m0/s1. The lowest BCUT2D eigenvalue weighted by Crippen LogP contribution is -2.69. The Kier molecular flexibility index (Phi) is 3.80. The van der Waals surface area contributed by atoms with E-state index >= 15 is 4.39 Å². The van der Waals surface area contributed by atoms with Crippen molar-refractivity contribution >= 4 is 5.78 Å². The monoisotopic (exact) mass is 408 g/mol. The van der Waals surface area contributed by atoms with Gasteiger partial charge in [0.25, 0.3) is 0 Å². The van der Waals surface area contributed by atoms with Gasteiger partial charge >= 0.3 is 0 Å². The van der Waals surface area contributed by atoms with Gasteiger partial charge in [-0.2, -0.15) is 0 Å². The third kappa shape index (κ3) is 2.11. The van der Waals surface area contributed by atoms with E-state index in [1.165, 1.54) is 12.2 Å². The van der Waals surface area contributed by atoms with Crippen LogP contribution in [0.5, 0.6) is 0 Å². The van der Waals surface area contributed by atoms with E-state index in [4.69, 9.17) is 14.4 Å². The number of alkyl halides is 1. The van der Waals surface area contributed by atoms with E-state index in [2.05, 4.69) is 0 Å². The fourth-order valence-corrected chi connectivity index (χ4v) is 7.37. The van der Waals surface area contributed by atoms with Gasteiger partial charge < -0.3 is 14.6 Å². The second-order valence-corrected chi connectivity index (χ2v) is 10.4. The van der Waals surface area contributed by atoms with E-state index in [1.807, 2.05) is 6.92 Å². The van der Waals surface area contributed by atoms with Gasteiger partial charge in [-0.25, -0.2) is 14.5 Å². The molecule has 4 aliphatic carbocycles. The molecule has 4 fully saturated rings. The summed E-state index contributed by atoms with van der Waals surface area (Å²) in [5, 5.41) is 21.2. The molecule has 5 rings (SSSR count). The maximum absolute atomic E-state index is 17.0. The number of ether oxygens (including phenoxy) is 2. The van der Waals surface area contributed by atoms with Crippen LogP contribution in [-0.4, -0.2) is 45.6 Å². The first kappa shape index (κ1) is 19.8. The smallest absolute Gasteiger partial charge is 0.236 e. The number of ketones is 1. The molecule has 1 aliphatic heterocycles. The summed E-state index contributed by atoms with van der Waals surface area (Å²) in [5.74, 6) is -3.23. The van der Waals surface area contributed by atoms with Crippen molar-refractivity contribution in [2.45, 2.75) is 82.8 Å². The summed E-state index contributed by atoms with van der Waals surface area (Å²) in [7, 11) is 0. The van der Waals surface area contributed by atoms with Crippen molar-refractivity contribution in [3.63, 3.8) is 0 Å². The van der Waals surface area contributed by atoms with Crippen LogP contribution in [0.2, 0.25) is 0 Å². The first-order valence-electron chi connectivity index (χ1n) is 10.5. The Bertz CT molecular complexity index is 837. The summed E-state index contributed by atoms with van der Waals surface area (Å²) in [4.78, 5) is 16.9. The van der Waals surface area contributed by atoms with Crippen LogP contribution in [0, 0.1) is 22.7 Å². The third-order valence-corrected chi connectivity index (χ3v) is 8.68. The molecule has 29 heavy (non-hydrogen) atoms. The second-order valence-electron chi connectivity index (χ2n) is 10.4. The van der Waals surface area contributed by atoms with E-state index in [0.29, 0.717) is 19.3 Å². The molecule has 3 saturated carbocycles. The molecule has 0 aromatic heterocycles. The fourth-order valence-electron chi connectivity index (χ4n) is 7.37. The van der Waals surface area contributed by atoms with Gasteiger partial charge in [0.05, 0.1) is 6.10 Å². The molecule has 1 heterocycles. The first-order valence-corrected chi connectivity index (χ1v) is 10.5. The highest BCUT2D eigenvalue weighted by molar-refractivity contribution is 6.01. The molecule has 8 atom stereocenters. The first-order chi connectivity index (χ1) is 13.4. The van der Waals surface area contributed by atoms with Gasteiger partial charge in [-0.1, -0.05) is 18.6 Å². The normalized spacial score (nSPS) is 55.0. The topological polar surface area (TPSA) is 85.2 Å². The molecular weight excluding hydrogens is 379 g/mol. The molecule has 0 aromatic carbocycles. The Morgan fingerprint density at radius 3 is 2.66 bits per heavy atom. The number of carbonyl (C=O) groups excluding carboxylic acids is 1. The lowest BCUT2D eigenvalue weighted by molar-refractivity contribution is -0.442. The Morgan fingerprint density at radius 1 is 1.24 bits per heavy atom. The summed E-state index contributed by atoms with van der Waals surface area (Å²) in [5.41, 5.74) is -3.06. The molecule has 0 unspecified atom stereocenters. The molecule has 7 heteroatoms. The fraction of sp³-hybridized carbons (Fsp3) is 0.773. The number of hydrogen-bond donors (Lipinski definition) is 2. The number of allylic oxidation sites excluding steroid dienone is 4. The molecule has 1 saturated heterocycles. The molecule has 0 amide bonds. The number of aliphatic hydroxyl groups is 1. The highest BCUT2D eigenvalue weighted by Gasteiger charge is 2.79. The Morgan fingerprint density at radius 2 is 1.97 bits per heavy atom. The van der Waals surface area contributed by atoms with Crippen LogP contribution in [0.25, 0.3) is 0 Å². The van der Waals surface area contributed by atoms with Gasteiger partial charge in [-0.05, 0) is 64.5 Å². The molecule has 0 radical (unpaired) electrons. The van der Waals surface area contributed by atoms with Gasteiger partial charge in [0.2, 0.25) is 5.79 Å². The van der Waals surface area contributed by atoms with E-state index in [-0.39, 0.29) is 18.1 Å². The molecule has 0 aromatic rings. The zero-order valence-electron chi connectivity index (χ0n) is 17.3.